The van der Waals surface area contributed by atoms with Gasteiger partial charge in [0.25, 0.3) is 0 Å². The smallest absolute Gasteiger partial charge is 0.228 e. The first-order chi connectivity index (χ1) is 16.0. The van der Waals surface area contributed by atoms with E-state index in [0.717, 1.165) is 49.8 Å². The Balaban J connectivity index is 1.57. The molecule has 1 saturated heterocycles. The molecule has 3 N–H and O–H groups in total. The summed E-state index contributed by atoms with van der Waals surface area (Å²) in [4.78, 5) is 14.0. The van der Waals surface area contributed by atoms with Crippen LogP contribution < -0.4 is 16.0 Å². The van der Waals surface area contributed by atoms with E-state index in [1.54, 1.807) is 6.07 Å². The van der Waals surface area contributed by atoms with Gasteiger partial charge in [-0.3, -0.25) is 4.79 Å². The van der Waals surface area contributed by atoms with Crippen LogP contribution in [0.15, 0.2) is 42.5 Å². The Kier molecular flexibility index (Phi) is 6.48. The van der Waals surface area contributed by atoms with Crippen LogP contribution in [0.3, 0.4) is 0 Å². The summed E-state index contributed by atoms with van der Waals surface area (Å²) >= 11 is 6.21. The lowest BCUT2D eigenvalue weighted by atomic mass is 9.73. The number of anilines is 2. The molecule has 0 bridgehead atoms. The fraction of sp³-hybridized carbons (Fsp3) is 0.500. The molecule has 5 rings (SSSR count). The molecule has 2 aliphatic heterocycles. The van der Waals surface area contributed by atoms with Gasteiger partial charge in [0, 0.05) is 24.3 Å². The number of benzene rings is 2. The van der Waals surface area contributed by atoms with E-state index in [1.165, 1.54) is 18.6 Å². The SMILES string of the molecule is O=C(NC1CCCCC1)[C@@H](C1CCOCC1)C1(c2ccc(Cl)cc2)Nc2ccc(F)cc2N1. The number of fused-ring (bicyclic) bond motifs is 1. The van der Waals surface area contributed by atoms with E-state index in [0.29, 0.717) is 23.9 Å². The molecule has 3 aliphatic rings. The number of rotatable bonds is 5. The Hall–Kier alpha value is -2.31. The molecular weight excluding hydrogens is 441 g/mol. The average molecular weight is 472 g/mol. The number of carbonyl (C=O) groups is 1. The summed E-state index contributed by atoms with van der Waals surface area (Å²) in [6.07, 6.45) is 7.17. The quantitative estimate of drug-likeness (QED) is 0.526. The molecule has 2 heterocycles. The molecule has 2 aromatic carbocycles. The predicted molar refractivity (Wildman–Crippen MR) is 129 cm³/mol. The summed E-state index contributed by atoms with van der Waals surface area (Å²) in [5.74, 6) is -0.585. The second kappa shape index (κ2) is 9.51. The lowest BCUT2D eigenvalue weighted by Gasteiger charge is -2.44. The van der Waals surface area contributed by atoms with Crippen molar-refractivity contribution in [2.45, 2.75) is 56.7 Å². The number of hydrogen-bond donors (Lipinski definition) is 3. The molecule has 2 atom stereocenters. The Bertz CT molecular complexity index is 990. The van der Waals surface area contributed by atoms with E-state index < -0.39 is 11.6 Å². The fourth-order valence-corrected chi connectivity index (χ4v) is 5.85. The third kappa shape index (κ3) is 4.56. The van der Waals surface area contributed by atoms with Crippen LogP contribution >= 0.6 is 11.6 Å². The molecule has 1 saturated carbocycles. The number of amides is 1. The minimum atomic E-state index is -0.915. The Labute approximate surface area is 199 Å². The van der Waals surface area contributed by atoms with Gasteiger partial charge in [0.2, 0.25) is 5.91 Å². The van der Waals surface area contributed by atoms with Crippen molar-refractivity contribution in [2.75, 3.05) is 23.8 Å². The van der Waals surface area contributed by atoms with Crippen LogP contribution in [-0.4, -0.2) is 25.2 Å². The minimum absolute atomic E-state index is 0.0389. The van der Waals surface area contributed by atoms with Gasteiger partial charge in [-0.1, -0.05) is 43.0 Å². The van der Waals surface area contributed by atoms with Gasteiger partial charge in [0.1, 0.15) is 11.5 Å². The highest BCUT2D eigenvalue weighted by Gasteiger charge is 2.52. The normalized spacial score (nSPS) is 24.4. The first kappa shape index (κ1) is 22.5. The zero-order valence-electron chi connectivity index (χ0n) is 18.7. The lowest BCUT2D eigenvalue weighted by molar-refractivity contribution is -0.131. The van der Waals surface area contributed by atoms with Crippen LogP contribution in [-0.2, 0) is 15.2 Å². The van der Waals surface area contributed by atoms with Crippen molar-refractivity contribution in [3.05, 3.63) is 58.9 Å². The van der Waals surface area contributed by atoms with Crippen LogP contribution in [0.4, 0.5) is 15.8 Å². The molecule has 33 heavy (non-hydrogen) atoms. The molecule has 1 unspecified atom stereocenters. The third-order valence-electron chi connectivity index (χ3n) is 7.38. The fourth-order valence-electron chi connectivity index (χ4n) is 5.73. The van der Waals surface area contributed by atoms with Crippen molar-refractivity contribution >= 4 is 28.9 Å². The molecule has 176 valence electrons. The Morgan fingerprint density at radius 1 is 1.00 bits per heavy atom. The monoisotopic (exact) mass is 471 g/mol. The van der Waals surface area contributed by atoms with Crippen molar-refractivity contribution in [1.29, 1.82) is 0 Å². The van der Waals surface area contributed by atoms with E-state index in [2.05, 4.69) is 16.0 Å². The van der Waals surface area contributed by atoms with E-state index in [-0.39, 0.29) is 23.7 Å². The van der Waals surface area contributed by atoms with E-state index >= 15 is 0 Å². The van der Waals surface area contributed by atoms with Crippen LogP contribution in [0.25, 0.3) is 0 Å². The van der Waals surface area contributed by atoms with Crippen molar-refractivity contribution in [3.63, 3.8) is 0 Å². The maximum absolute atomic E-state index is 14.1. The maximum Gasteiger partial charge on any atom is 0.228 e. The minimum Gasteiger partial charge on any atom is -0.381 e. The topological polar surface area (TPSA) is 62.4 Å². The molecule has 2 fully saturated rings. The highest BCUT2D eigenvalue weighted by Crippen LogP contribution is 2.48. The number of carbonyl (C=O) groups excluding carboxylic acids is 1. The third-order valence-corrected chi connectivity index (χ3v) is 7.63. The molecular formula is C26H31ClFN3O2. The average Bonchev–Trinajstić information content (AvgIpc) is 3.20. The first-order valence-electron chi connectivity index (χ1n) is 12.1. The molecule has 1 amide bonds. The Morgan fingerprint density at radius 3 is 2.42 bits per heavy atom. The molecule has 1 aliphatic carbocycles. The molecule has 0 spiro atoms. The summed E-state index contributed by atoms with van der Waals surface area (Å²) in [5, 5.41) is 11.2. The first-order valence-corrected chi connectivity index (χ1v) is 12.4. The highest BCUT2D eigenvalue weighted by molar-refractivity contribution is 6.30. The zero-order chi connectivity index (χ0) is 22.8. The molecule has 5 nitrogen and oxygen atoms in total. The maximum atomic E-state index is 14.1. The van der Waals surface area contributed by atoms with Gasteiger partial charge in [-0.15, -0.1) is 0 Å². The van der Waals surface area contributed by atoms with E-state index in [9.17, 15) is 9.18 Å². The molecule has 2 aromatic rings. The number of nitrogens with one attached hydrogen (secondary N) is 3. The second-order valence-corrected chi connectivity index (χ2v) is 9.96. The van der Waals surface area contributed by atoms with E-state index in [4.69, 9.17) is 16.3 Å². The van der Waals surface area contributed by atoms with Crippen LogP contribution in [0.1, 0.15) is 50.5 Å². The summed E-state index contributed by atoms with van der Waals surface area (Å²) in [5.41, 5.74) is 1.43. The second-order valence-electron chi connectivity index (χ2n) is 9.53. The lowest BCUT2D eigenvalue weighted by Crippen LogP contribution is -2.57. The highest BCUT2D eigenvalue weighted by atomic mass is 35.5. The standard InChI is InChI=1S/C26H31ClFN3O2/c27-19-8-6-18(7-9-19)26(30-22-11-10-20(28)16-23(22)31-26)24(17-12-14-33-15-13-17)25(32)29-21-4-2-1-3-5-21/h6-11,16-17,21,24,30-31H,1-5,12-15H2,(H,29,32)/t24-,26?/m1/s1. The zero-order valence-corrected chi connectivity index (χ0v) is 19.5. The summed E-state index contributed by atoms with van der Waals surface area (Å²) in [6.45, 7) is 1.27. The van der Waals surface area contributed by atoms with Gasteiger partial charge in [-0.2, -0.15) is 0 Å². The van der Waals surface area contributed by atoms with Gasteiger partial charge in [0.05, 0.1) is 17.3 Å². The van der Waals surface area contributed by atoms with Gasteiger partial charge >= 0.3 is 0 Å². The predicted octanol–water partition coefficient (Wildman–Crippen LogP) is 5.66. The van der Waals surface area contributed by atoms with Crippen LogP contribution in [0.2, 0.25) is 5.02 Å². The van der Waals surface area contributed by atoms with Crippen molar-refractivity contribution in [2.24, 2.45) is 11.8 Å². The van der Waals surface area contributed by atoms with Crippen molar-refractivity contribution in [3.8, 4) is 0 Å². The Morgan fingerprint density at radius 2 is 1.70 bits per heavy atom. The van der Waals surface area contributed by atoms with Gasteiger partial charge in [0.15, 0.2) is 0 Å². The molecule has 0 aromatic heterocycles. The number of hydrogen-bond acceptors (Lipinski definition) is 4. The summed E-state index contributed by atoms with van der Waals surface area (Å²) in [6, 6.07) is 12.4. The largest absolute Gasteiger partial charge is 0.381 e. The number of halogens is 2. The van der Waals surface area contributed by atoms with Crippen LogP contribution in [0, 0.1) is 17.7 Å². The molecule has 0 radical (unpaired) electrons. The van der Waals surface area contributed by atoms with Crippen molar-refractivity contribution < 1.29 is 13.9 Å². The van der Waals surface area contributed by atoms with E-state index in [1.807, 2.05) is 24.3 Å². The van der Waals surface area contributed by atoms with Gasteiger partial charge in [-0.25, -0.2) is 4.39 Å². The van der Waals surface area contributed by atoms with Gasteiger partial charge < -0.3 is 20.7 Å². The molecule has 7 heteroatoms. The van der Waals surface area contributed by atoms with Gasteiger partial charge in [-0.05, 0) is 67.5 Å². The van der Waals surface area contributed by atoms with Crippen LogP contribution in [0.5, 0.6) is 0 Å². The number of ether oxygens (including phenoxy) is 1. The summed E-state index contributed by atoms with van der Waals surface area (Å²) < 4.78 is 19.7. The van der Waals surface area contributed by atoms with Crippen molar-refractivity contribution in [1.82, 2.24) is 5.32 Å². The summed E-state index contributed by atoms with van der Waals surface area (Å²) in [7, 11) is 0.